The van der Waals surface area contributed by atoms with Crippen LogP contribution in [0.15, 0.2) is 29.3 Å². The number of hydrogen-bond acceptors (Lipinski definition) is 5. The summed E-state index contributed by atoms with van der Waals surface area (Å²) in [5, 5.41) is 10.1. The van der Waals surface area contributed by atoms with Crippen LogP contribution in [-0.2, 0) is 4.79 Å². The van der Waals surface area contributed by atoms with E-state index in [1.807, 2.05) is 6.92 Å². The first-order valence-corrected chi connectivity index (χ1v) is 5.99. The molecule has 1 aliphatic rings. The zero-order valence-electron chi connectivity index (χ0n) is 9.65. The lowest BCUT2D eigenvalue weighted by atomic mass is 10.2. The molecule has 2 rings (SSSR count). The Balaban J connectivity index is 2.22. The van der Waals surface area contributed by atoms with E-state index in [0.717, 1.165) is 5.56 Å². The van der Waals surface area contributed by atoms with Crippen molar-refractivity contribution in [2.45, 2.75) is 18.8 Å². The van der Waals surface area contributed by atoms with E-state index in [1.165, 1.54) is 0 Å². The van der Waals surface area contributed by atoms with Crippen molar-refractivity contribution in [3.63, 3.8) is 0 Å². The van der Waals surface area contributed by atoms with Gasteiger partial charge in [-0.05, 0) is 30.8 Å². The molecule has 0 radical (unpaired) electrons. The van der Waals surface area contributed by atoms with Crippen LogP contribution in [0.3, 0.4) is 0 Å². The maximum atomic E-state index is 12.5. The molecule has 0 bridgehead atoms. The molecule has 0 aliphatic carbocycles. The fourth-order valence-corrected chi connectivity index (χ4v) is 2.19. The summed E-state index contributed by atoms with van der Waals surface area (Å²) < 4.78 is 37.6. The molecule has 1 atom stereocenters. The van der Waals surface area contributed by atoms with Crippen LogP contribution in [-0.4, -0.2) is 27.3 Å². The van der Waals surface area contributed by atoms with Gasteiger partial charge >= 0.3 is 11.9 Å². The van der Waals surface area contributed by atoms with Gasteiger partial charge in [0.2, 0.25) is 0 Å². The lowest BCUT2D eigenvalue weighted by Gasteiger charge is -2.19. The molecule has 1 heterocycles. The molecule has 1 aromatic carbocycles. The Morgan fingerprint density at radius 3 is 2.37 bits per heavy atom. The van der Waals surface area contributed by atoms with Gasteiger partial charge < -0.3 is 10.4 Å². The number of amidine groups is 1. The number of halogens is 3. The van der Waals surface area contributed by atoms with Crippen LogP contribution in [0.1, 0.15) is 5.56 Å². The SMILES string of the molecule is Cc1ccc(NC2=N[C@@](O)(C(F)(F)F)C(=O)S2)cc1. The quantitative estimate of drug-likeness (QED) is 0.833. The van der Waals surface area contributed by atoms with Crippen molar-refractivity contribution in [1.29, 1.82) is 0 Å². The van der Waals surface area contributed by atoms with E-state index in [9.17, 15) is 23.1 Å². The van der Waals surface area contributed by atoms with Gasteiger partial charge in [-0.2, -0.15) is 13.2 Å². The highest BCUT2D eigenvalue weighted by molar-refractivity contribution is 8.27. The predicted octanol–water partition coefficient (Wildman–Crippen LogP) is 2.29. The normalized spacial score (nSPS) is 23.4. The molecule has 0 spiro atoms. The Hall–Kier alpha value is -1.54. The van der Waals surface area contributed by atoms with Crippen molar-refractivity contribution in [2.75, 3.05) is 5.32 Å². The molecule has 0 saturated heterocycles. The summed E-state index contributed by atoms with van der Waals surface area (Å²) in [5.74, 6) is 0. The molecule has 4 nitrogen and oxygen atoms in total. The van der Waals surface area contributed by atoms with Gasteiger partial charge in [-0.15, -0.1) is 0 Å². The number of aliphatic hydroxyl groups is 1. The monoisotopic (exact) mass is 290 g/mol. The molecule has 1 aliphatic heterocycles. The molecule has 0 aromatic heterocycles. The van der Waals surface area contributed by atoms with Crippen LogP contribution in [0, 0.1) is 6.92 Å². The Morgan fingerprint density at radius 1 is 1.32 bits per heavy atom. The van der Waals surface area contributed by atoms with Crippen molar-refractivity contribution in [3.05, 3.63) is 29.8 Å². The molecule has 19 heavy (non-hydrogen) atoms. The number of nitrogens with one attached hydrogen (secondary N) is 1. The summed E-state index contributed by atoms with van der Waals surface area (Å²) in [6.07, 6.45) is -5.13. The summed E-state index contributed by atoms with van der Waals surface area (Å²) in [7, 11) is 0. The molecule has 1 aromatic rings. The molecule has 8 heteroatoms. The average molecular weight is 290 g/mol. The Kier molecular flexibility index (Phi) is 3.31. The van der Waals surface area contributed by atoms with Crippen molar-refractivity contribution in [2.24, 2.45) is 4.99 Å². The zero-order chi connectivity index (χ0) is 14.3. The molecular weight excluding hydrogens is 281 g/mol. The van der Waals surface area contributed by atoms with Gasteiger partial charge in [0, 0.05) is 5.69 Å². The van der Waals surface area contributed by atoms with Crippen LogP contribution < -0.4 is 5.32 Å². The lowest BCUT2D eigenvalue weighted by Crippen LogP contribution is -2.47. The van der Waals surface area contributed by atoms with E-state index < -0.39 is 17.0 Å². The molecule has 0 fully saturated rings. The maximum Gasteiger partial charge on any atom is 0.447 e. The van der Waals surface area contributed by atoms with E-state index in [0.29, 0.717) is 5.69 Å². The van der Waals surface area contributed by atoms with Gasteiger partial charge in [0.15, 0.2) is 5.17 Å². The number of anilines is 1. The van der Waals surface area contributed by atoms with Gasteiger partial charge in [0.05, 0.1) is 0 Å². The molecular formula is C11H9F3N2O2S. The number of carbonyl (C=O) groups excluding carboxylic acids is 1. The van der Waals surface area contributed by atoms with Crippen LogP contribution in [0.5, 0.6) is 0 Å². The van der Waals surface area contributed by atoms with Gasteiger partial charge in [0.25, 0.3) is 5.12 Å². The summed E-state index contributed by atoms with van der Waals surface area (Å²) in [6.45, 7) is 1.86. The number of benzene rings is 1. The number of thioether (sulfide) groups is 1. The van der Waals surface area contributed by atoms with Crippen molar-refractivity contribution in [1.82, 2.24) is 0 Å². The van der Waals surface area contributed by atoms with E-state index >= 15 is 0 Å². The second-order valence-corrected chi connectivity index (χ2v) is 4.93. The number of aliphatic imine (C=N–C) groups is 1. The predicted molar refractivity (Wildman–Crippen MR) is 65.8 cm³/mol. The number of nitrogens with zero attached hydrogens (tertiary/aromatic N) is 1. The van der Waals surface area contributed by atoms with Crippen LogP contribution in [0.4, 0.5) is 18.9 Å². The second kappa shape index (κ2) is 4.53. The molecule has 102 valence electrons. The van der Waals surface area contributed by atoms with Crippen molar-refractivity contribution >= 4 is 27.7 Å². The number of aryl methyl sites for hydroxylation is 1. The van der Waals surface area contributed by atoms with E-state index in [2.05, 4.69) is 10.3 Å². The Morgan fingerprint density at radius 2 is 1.89 bits per heavy atom. The zero-order valence-corrected chi connectivity index (χ0v) is 10.5. The highest BCUT2D eigenvalue weighted by Crippen LogP contribution is 2.40. The molecule has 2 N–H and O–H groups in total. The minimum atomic E-state index is -5.13. The lowest BCUT2D eigenvalue weighted by molar-refractivity contribution is -0.242. The fourth-order valence-electron chi connectivity index (χ4n) is 1.37. The smallest absolute Gasteiger partial charge is 0.356 e. The third-order valence-corrected chi connectivity index (χ3v) is 3.29. The number of hydrogen-bond donors (Lipinski definition) is 2. The van der Waals surface area contributed by atoms with Gasteiger partial charge in [-0.3, -0.25) is 4.79 Å². The molecule has 0 unspecified atom stereocenters. The van der Waals surface area contributed by atoms with Crippen LogP contribution in [0.25, 0.3) is 0 Å². The summed E-state index contributed by atoms with van der Waals surface area (Å²) in [4.78, 5) is 14.3. The molecule has 0 amide bonds. The van der Waals surface area contributed by atoms with Gasteiger partial charge in [0.1, 0.15) is 0 Å². The highest BCUT2D eigenvalue weighted by atomic mass is 32.2. The van der Waals surface area contributed by atoms with Crippen LogP contribution in [0.2, 0.25) is 0 Å². The average Bonchev–Trinajstić information content (AvgIpc) is 2.58. The van der Waals surface area contributed by atoms with Gasteiger partial charge in [-0.25, -0.2) is 4.99 Å². The minimum Gasteiger partial charge on any atom is -0.356 e. The summed E-state index contributed by atoms with van der Waals surface area (Å²) >= 11 is 0.228. The highest BCUT2D eigenvalue weighted by Gasteiger charge is 2.63. The Bertz CT molecular complexity index is 542. The van der Waals surface area contributed by atoms with Crippen molar-refractivity contribution in [3.8, 4) is 0 Å². The summed E-state index contributed by atoms with van der Waals surface area (Å²) in [6, 6.07) is 6.77. The fraction of sp³-hybridized carbons (Fsp3) is 0.273. The number of carbonyl (C=O) groups is 1. The van der Waals surface area contributed by atoms with E-state index in [4.69, 9.17) is 0 Å². The van der Waals surface area contributed by atoms with Crippen LogP contribution >= 0.6 is 11.8 Å². The third-order valence-electron chi connectivity index (χ3n) is 2.44. The topological polar surface area (TPSA) is 61.7 Å². The first-order chi connectivity index (χ1) is 8.72. The first-order valence-electron chi connectivity index (χ1n) is 5.17. The number of alkyl halides is 3. The molecule has 0 saturated carbocycles. The largest absolute Gasteiger partial charge is 0.447 e. The first kappa shape index (κ1) is 13.9. The third kappa shape index (κ3) is 2.59. The van der Waals surface area contributed by atoms with Gasteiger partial charge in [-0.1, -0.05) is 17.7 Å². The van der Waals surface area contributed by atoms with Crippen molar-refractivity contribution < 1.29 is 23.1 Å². The standard InChI is InChI=1S/C11H9F3N2O2S/c1-6-2-4-7(5-3-6)15-9-16-10(18,8(17)19-9)11(12,13)14/h2-5,18H,1H3,(H,15,16)/t10-/m0/s1. The summed E-state index contributed by atoms with van der Waals surface area (Å²) in [5.41, 5.74) is -2.20. The van der Waals surface area contributed by atoms with E-state index in [1.54, 1.807) is 24.3 Å². The van der Waals surface area contributed by atoms with E-state index in [-0.39, 0.29) is 16.9 Å². The minimum absolute atomic E-state index is 0.228. The Labute approximate surface area is 110 Å². The number of rotatable bonds is 1. The second-order valence-electron chi connectivity index (χ2n) is 3.97. The maximum absolute atomic E-state index is 12.5.